The van der Waals surface area contributed by atoms with E-state index in [0.29, 0.717) is 13.0 Å². The zero-order valence-corrected chi connectivity index (χ0v) is 20.6. The van der Waals surface area contributed by atoms with Crippen molar-refractivity contribution in [3.8, 4) is 5.75 Å². The maximum atomic E-state index is 12.3. The Labute approximate surface area is 194 Å². The minimum absolute atomic E-state index is 0.0890. The molecule has 0 atom stereocenters. The average Bonchev–Trinajstić information content (AvgIpc) is 3.27. The van der Waals surface area contributed by atoms with Gasteiger partial charge in [-0.05, 0) is 67.9 Å². The van der Waals surface area contributed by atoms with Crippen molar-refractivity contribution >= 4 is 39.3 Å². The van der Waals surface area contributed by atoms with Crippen LogP contribution in [0.15, 0.2) is 33.9 Å². The molecule has 0 bridgehead atoms. The highest BCUT2D eigenvalue weighted by Gasteiger charge is 2.15. The van der Waals surface area contributed by atoms with Gasteiger partial charge in [0.2, 0.25) is 5.91 Å². The van der Waals surface area contributed by atoms with Crippen molar-refractivity contribution in [2.75, 3.05) is 17.7 Å². The largest absolute Gasteiger partial charge is 0.494 e. The Morgan fingerprint density at radius 1 is 1.19 bits per heavy atom. The molecular formula is C21H27BrN6O2S. The van der Waals surface area contributed by atoms with Crippen LogP contribution in [0.25, 0.3) is 0 Å². The Kier molecular flexibility index (Phi) is 8.14. The van der Waals surface area contributed by atoms with Gasteiger partial charge in [0, 0.05) is 30.9 Å². The monoisotopic (exact) mass is 506 g/mol. The molecule has 0 unspecified atom stereocenters. The maximum absolute atomic E-state index is 12.3. The summed E-state index contributed by atoms with van der Waals surface area (Å²) >= 11 is 4.95. The standard InChI is InChI=1S/C21H27BrN6O2S/c1-5-27-18(11-12-28-15(4)20(22)14(3)26-28)24-25-21(27)31-13-19(29)23-16-7-9-17(10-8-16)30-6-2/h7-10H,5-6,11-13H2,1-4H3,(H,23,29). The molecule has 0 aliphatic rings. The van der Waals surface area contributed by atoms with Crippen LogP contribution in [0.1, 0.15) is 31.1 Å². The highest BCUT2D eigenvalue weighted by atomic mass is 79.9. The van der Waals surface area contributed by atoms with Crippen LogP contribution in [0.5, 0.6) is 5.75 Å². The third-order valence-corrected chi connectivity index (χ3v) is 6.85. The van der Waals surface area contributed by atoms with Gasteiger partial charge in [0.1, 0.15) is 11.6 Å². The number of halogens is 1. The minimum Gasteiger partial charge on any atom is -0.494 e. The van der Waals surface area contributed by atoms with Crippen LogP contribution < -0.4 is 10.1 Å². The van der Waals surface area contributed by atoms with E-state index in [2.05, 4.69) is 48.0 Å². The highest BCUT2D eigenvalue weighted by Crippen LogP contribution is 2.22. The minimum atomic E-state index is -0.0890. The second-order valence-corrected chi connectivity index (χ2v) is 8.63. The van der Waals surface area contributed by atoms with Crippen molar-refractivity contribution < 1.29 is 9.53 Å². The predicted molar refractivity (Wildman–Crippen MR) is 126 cm³/mol. The van der Waals surface area contributed by atoms with E-state index in [1.807, 2.05) is 49.7 Å². The molecule has 10 heteroatoms. The number of thioether (sulfide) groups is 1. The average molecular weight is 507 g/mol. The van der Waals surface area contributed by atoms with Crippen molar-refractivity contribution in [1.29, 1.82) is 0 Å². The lowest BCUT2D eigenvalue weighted by Crippen LogP contribution is -2.15. The number of ether oxygens (including phenoxy) is 1. The molecule has 3 rings (SSSR count). The van der Waals surface area contributed by atoms with Gasteiger partial charge in [-0.3, -0.25) is 9.48 Å². The Morgan fingerprint density at radius 2 is 1.94 bits per heavy atom. The van der Waals surface area contributed by atoms with Gasteiger partial charge in [-0.1, -0.05) is 11.8 Å². The molecule has 0 radical (unpaired) electrons. The van der Waals surface area contributed by atoms with Crippen LogP contribution in [0.4, 0.5) is 5.69 Å². The summed E-state index contributed by atoms with van der Waals surface area (Å²) in [5.74, 6) is 1.84. The number of hydrogen-bond donors (Lipinski definition) is 1. The summed E-state index contributed by atoms with van der Waals surface area (Å²) in [4.78, 5) is 12.3. The first-order valence-corrected chi connectivity index (χ1v) is 12.0. The molecule has 31 heavy (non-hydrogen) atoms. The molecule has 0 fully saturated rings. The number of carbonyl (C=O) groups is 1. The molecule has 1 aromatic carbocycles. The number of nitrogens with zero attached hydrogens (tertiary/aromatic N) is 5. The van der Waals surface area contributed by atoms with E-state index in [1.54, 1.807) is 0 Å². The zero-order chi connectivity index (χ0) is 22.4. The summed E-state index contributed by atoms with van der Waals surface area (Å²) in [7, 11) is 0. The molecule has 0 spiro atoms. The van der Waals surface area contributed by atoms with E-state index in [1.165, 1.54) is 11.8 Å². The van der Waals surface area contributed by atoms with Crippen molar-refractivity contribution in [3.05, 3.63) is 46.0 Å². The first-order chi connectivity index (χ1) is 14.9. The van der Waals surface area contributed by atoms with Crippen molar-refractivity contribution in [1.82, 2.24) is 24.5 Å². The van der Waals surface area contributed by atoms with Crippen LogP contribution in [0, 0.1) is 13.8 Å². The smallest absolute Gasteiger partial charge is 0.234 e. The number of aromatic nitrogens is 5. The molecule has 0 saturated heterocycles. The van der Waals surface area contributed by atoms with Crippen molar-refractivity contribution in [2.24, 2.45) is 0 Å². The molecule has 3 aromatic rings. The molecule has 166 valence electrons. The fraction of sp³-hybridized carbons (Fsp3) is 0.429. The molecule has 1 N–H and O–H groups in total. The molecule has 0 aliphatic carbocycles. The lowest BCUT2D eigenvalue weighted by atomic mass is 10.3. The summed E-state index contributed by atoms with van der Waals surface area (Å²) in [5.41, 5.74) is 2.81. The summed E-state index contributed by atoms with van der Waals surface area (Å²) in [6.07, 6.45) is 0.716. The van der Waals surface area contributed by atoms with Crippen LogP contribution in [0.2, 0.25) is 0 Å². The van der Waals surface area contributed by atoms with Crippen molar-refractivity contribution in [3.63, 3.8) is 0 Å². The number of amides is 1. The number of benzene rings is 1. The van der Waals surface area contributed by atoms with Crippen molar-refractivity contribution in [2.45, 2.75) is 52.4 Å². The van der Waals surface area contributed by atoms with E-state index in [-0.39, 0.29) is 11.7 Å². The number of rotatable bonds is 10. The lowest BCUT2D eigenvalue weighted by molar-refractivity contribution is -0.113. The maximum Gasteiger partial charge on any atom is 0.234 e. The Hall–Kier alpha value is -2.33. The molecule has 8 nitrogen and oxygen atoms in total. The predicted octanol–water partition coefficient (Wildman–Crippen LogP) is 4.25. The Morgan fingerprint density at radius 3 is 2.55 bits per heavy atom. The second-order valence-electron chi connectivity index (χ2n) is 6.90. The fourth-order valence-corrected chi connectivity index (χ4v) is 4.26. The normalized spacial score (nSPS) is 11.0. The van der Waals surface area contributed by atoms with E-state index >= 15 is 0 Å². The van der Waals surface area contributed by atoms with Gasteiger partial charge in [0.05, 0.1) is 22.5 Å². The van der Waals surface area contributed by atoms with Gasteiger partial charge in [0.15, 0.2) is 5.16 Å². The Balaban J connectivity index is 1.56. The molecular weight excluding hydrogens is 480 g/mol. The number of carbonyl (C=O) groups excluding carboxylic acids is 1. The van der Waals surface area contributed by atoms with Gasteiger partial charge in [-0.15, -0.1) is 10.2 Å². The number of anilines is 1. The fourth-order valence-electron chi connectivity index (χ4n) is 3.16. The van der Waals surface area contributed by atoms with E-state index < -0.39 is 0 Å². The van der Waals surface area contributed by atoms with Crippen LogP contribution in [0.3, 0.4) is 0 Å². The molecule has 0 aliphatic heterocycles. The molecule has 2 aromatic heterocycles. The zero-order valence-electron chi connectivity index (χ0n) is 18.2. The molecule has 0 saturated carbocycles. The lowest BCUT2D eigenvalue weighted by Gasteiger charge is -2.09. The first-order valence-electron chi connectivity index (χ1n) is 10.2. The third-order valence-electron chi connectivity index (χ3n) is 4.73. The molecule has 2 heterocycles. The SMILES string of the molecule is CCOc1ccc(NC(=O)CSc2nnc(CCn3nc(C)c(Br)c3C)n2CC)cc1. The second kappa shape index (κ2) is 10.8. The highest BCUT2D eigenvalue weighted by molar-refractivity contribution is 9.10. The van der Waals surface area contributed by atoms with Gasteiger partial charge < -0.3 is 14.6 Å². The van der Waals surface area contributed by atoms with Gasteiger partial charge >= 0.3 is 0 Å². The van der Waals surface area contributed by atoms with E-state index in [4.69, 9.17) is 4.74 Å². The summed E-state index contributed by atoms with van der Waals surface area (Å²) in [5, 5.41) is 16.8. The van der Waals surface area contributed by atoms with Gasteiger partial charge in [-0.2, -0.15) is 5.10 Å². The summed E-state index contributed by atoms with van der Waals surface area (Å²) < 4.78 is 10.5. The third kappa shape index (κ3) is 5.88. The number of hydrogen-bond acceptors (Lipinski definition) is 6. The Bertz CT molecular complexity index is 1030. The number of nitrogens with one attached hydrogen (secondary N) is 1. The van der Waals surface area contributed by atoms with E-state index in [9.17, 15) is 4.79 Å². The topological polar surface area (TPSA) is 86.9 Å². The van der Waals surface area contributed by atoms with Crippen LogP contribution in [-0.2, 0) is 24.3 Å². The summed E-state index contributed by atoms with van der Waals surface area (Å²) in [6, 6.07) is 7.34. The number of aryl methyl sites for hydroxylation is 3. The summed E-state index contributed by atoms with van der Waals surface area (Å²) in [6.45, 7) is 10.1. The quantitative estimate of drug-likeness (QED) is 0.413. The first kappa shape index (κ1) is 23.3. The molecule has 1 amide bonds. The van der Waals surface area contributed by atoms with Gasteiger partial charge in [-0.25, -0.2) is 0 Å². The van der Waals surface area contributed by atoms with Gasteiger partial charge in [0.25, 0.3) is 0 Å². The van der Waals surface area contributed by atoms with Crippen LogP contribution in [-0.4, -0.2) is 42.8 Å². The van der Waals surface area contributed by atoms with E-state index in [0.717, 1.165) is 51.4 Å². The van der Waals surface area contributed by atoms with Crippen LogP contribution >= 0.6 is 27.7 Å².